The molecule has 1 aliphatic heterocycles. The fourth-order valence-corrected chi connectivity index (χ4v) is 4.40. The van der Waals surface area contributed by atoms with E-state index in [1.165, 1.54) is 40.5 Å². The predicted octanol–water partition coefficient (Wildman–Crippen LogP) is 3.81. The molecule has 9 heteroatoms. The third kappa shape index (κ3) is 4.12. The second-order valence-electron chi connectivity index (χ2n) is 7.19. The van der Waals surface area contributed by atoms with E-state index in [0.717, 1.165) is 10.4 Å². The van der Waals surface area contributed by atoms with Crippen LogP contribution in [0.2, 0.25) is 0 Å². The van der Waals surface area contributed by atoms with Crippen LogP contribution >= 0.6 is 11.3 Å². The van der Waals surface area contributed by atoms with Gasteiger partial charge in [-0.1, -0.05) is 12.1 Å². The molecule has 30 heavy (non-hydrogen) atoms. The number of rotatable bonds is 7. The molecule has 3 rings (SSSR count). The molecule has 1 aromatic heterocycles. The molecule has 0 bridgehead atoms. The van der Waals surface area contributed by atoms with E-state index in [2.05, 4.69) is 0 Å². The van der Waals surface area contributed by atoms with Crippen molar-refractivity contribution in [3.8, 4) is 0 Å². The van der Waals surface area contributed by atoms with Crippen LogP contribution in [0.3, 0.4) is 0 Å². The lowest BCUT2D eigenvalue weighted by atomic mass is 9.98. The summed E-state index contributed by atoms with van der Waals surface area (Å²) in [5, 5.41) is 23.9. The number of nitrogens with zero attached hydrogens (tertiary/aromatic N) is 2. The molecule has 8 nitrogen and oxygen atoms in total. The second-order valence-corrected chi connectivity index (χ2v) is 8.14. The van der Waals surface area contributed by atoms with E-state index in [0.29, 0.717) is 0 Å². The smallest absolute Gasteiger partial charge is 0.295 e. The van der Waals surface area contributed by atoms with Crippen LogP contribution in [0.5, 0.6) is 0 Å². The molecule has 1 saturated heterocycles. The molecule has 1 N–H and O–H groups in total. The third-order valence-corrected chi connectivity index (χ3v) is 5.88. The number of aliphatic hydroxyl groups excluding tert-OH is 1. The maximum atomic E-state index is 12.9. The number of carbonyl (C=O) groups excluding carboxylic acids is 2. The zero-order valence-electron chi connectivity index (χ0n) is 16.8. The number of hydrogen-bond donors (Lipinski definition) is 1. The number of ether oxygens (including phenoxy) is 1. The minimum absolute atomic E-state index is 0.0337. The van der Waals surface area contributed by atoms with Gasteiger partial charge in [-0.25, -0.2) is 0 Å². The number of carbonyl (C=O) groups is 2. The van der Waals surface area contributed by atoms with Crippen molar-refractivity contribution < 1.29 is 24.4 Å². The van der Waals surface area contributed by atoms with Gasteiger partial charge in [0, 0.05) is 29.1 Å². The van der Waals surface area contributed by atoms with Crippen LogP contribution in [0.15, 0.2) is 41.3 Å². The van der Waals surface area contributed by atoms with Gasteiger partial charge in [0.2, 0.25) is 0 Å². The zero-order chi connectivity index (χ0) is 22.0. The number of Topliss-reactive ketones (excluding diaryl/α,β-unsaturated/α-hetero) is 1. The minimum atomic E-state index is -0.818. The predicted molar refractivity (Wildman–Crippen MR) is 112 cm³/mol. The van der Waals surface area contributed by atoms with Gasteiger partial charge in [-0.15, -0.1) is 11.3 Å². The summed E-state index contributed by atoms with van der Waals surface area (Å²) >= 11 is 1.38. The first-order chi connectivity index (χ1) is 14.2. The van der Waals surface area contributed by atoms with Crippen LogP contribution in [0.25, 0.3) is 5.76 Å². The Balaban J connectivity index is 2.11. The van der Waals surface area contributed by atoms with Crippen LogP contribution < -0.4 is 0 Å². The molecule has 1 amide bonds. The number of likely N-dealkylation sites (tertiary alicyclic amines) is 1. The number of non-ortho nitro benzene ring substituents is 1. The molecular formula is C21H22N2O6S. The van der Waals surface area contributed by atoms with Gasteiger partial charge < -0.3 is 14.7 Å². The third-order valence-electron chi connectivity index (χ3n) is 4.80. The number of aliphatic hydroxyl groups is 1. The highest BCUT2D eigenvalue weighted by atomic mass is 32.1. The number of nitro benzene ring substituents is 1. The average Bonchev–Trinajstić information content (AvgIpc) is 3.23. The van der Waals surface area contributed by atoms with Gasteiger partial charge in [0.1, 0.15) is 5.76 Å². The number of nitro groups is 1. The molecule has 1 unspecified atom stereocenters. The Morgan fingerprint density at radius 3 is 2.67 bits per heavy atom. The van der Waals surface area contributed by atoms with Crippen molar-refractivity contribution in [3.63, 3.8) is 0 Å². The van der Waals surface area contributed by atoms with E-state index in [-0.39, 0.29) is 36.1 Å². The Morgan fingerprint density at radius 2 is 2.07 bits per heavy atom. The van der Waals surface area contributed by atoms with Gasteiger partial charge in [0.15, 0.2) is 0 Å². The van der Waals surface area contributed by atoms with Crippen molar-refractivity contribution in [3.05, 3.63) is 67.4 Å². The standard InChI is InChI=1S/C21H22N2O6S/c1-12(2)29-9-8-22-17(20-13(3)7-10-30-20)16(19(25)21(22)26)18(24)14-5-4-6-15(11-14)23(27)28/h4-7,10-12,17,24H,8-9H2,1-3H3/b18-16-. The fraction of sp³-hybridized carbons (Fsp3) is 0.333. The molecular weight excluding hydrogens is 408 g/mol. The summed E-state index contributed by atoms with van der Waals surface area (Å²) in [6.07, 6.45) is -0.0337. The lowest BCUT2D eigenvalue weighted by Crippen LogP contribution is -2.33. The van der Waals surface area contributed by atoms with Crippen molar-refractivity contribution in [2.45, 2.75) is 32.9 Å². The molecule has 1 atom stereocenters. The van der Waals surface area contributed by atoms with Gasteiger partial charge >= 0.3 is 0 Å². The second kappa shape index (κ2) is 8.76. The number of aryl methyl sites for hydroxylation is 1. The Hall–Kier alpha value is -3.04. The maximum absolute atomic E-state index is 12.9. The van der Waals surface area contributed by atoms with Crippen LogP contribution in [0.1, 0.15) is 35.9 Å². The number of thiophene rings is 1. The van der Waals surface area contributed by atoms with Gasteiger partial charge in [0.05, 0.1) is 29.2 Å². The van der Waals surface area contributed by atoms with Crippen molar-refractivity contribution in [2.24, 2.45) is 0 Å². The SMILES string of the molecule is Cc1ccsc1C1/C(=C(/O)c2cccc([N+](=O)[O-])c2)C(=O)C(=O)N1CCOC(C)C. The summed E-state index contributed by atoms with van der Waals surface area (Å²) < 4.78 is 5.55. The molecule has 0 radical (unpaired) electrons. The highest BCUT2D eigenvalue weighted by Gasteiger charge is 2.47. The summed E-state index contributed by atoms with van der Waals surface area (Å²) in [6.45, 7) is 6.03. The molecule has 2 heterocycles. The summed E-state index contributed by atoms with van der Waals surface area (Å²) in [6, 6.07) is 6.46. The van der Waals surface area contributed by atoms with Gasteiger partial charge in [-0.3, -0.25) is 19.7 Å². The molecule has 2 aromatic rings. The normalized spacial score (nSPS) is 18.4. The monoisotopic (exact) mass is 430 g/mol. The van der Waals surface area contributed by atoms with Crippen LogP contribution in [-0.4, -0.2) is 45.9 Å². The highest BCUT2D eigenvalue weighted by Crippen LogP contribution is 2.42. The Bertz CT molecular complexity index is 1030. The molecule has 1 aliphatic rings. The van der Waals surface area contributed by atoms with Crippen molar-refractivity contribution in [1.29, 1.82) is 0 Å². The molecule has 1 fully saturated rings. The van der Waals surface area contributed by atoms with Crippen molar-refractivity contribution >= 4 is 34.5 Å². The summed E-state index contributed by atoms with van der Waals surface area (Å²) in [5.41, 5.74) is 0.699. The van der Waals surface area contributed by atoms with Crippen molar-refractivity contribution in [1.82, 2.24) is 4.90 Å². The lowest BCUT2D eigenvalue weighted by Gasteiger charge is -2.25. The van der Waals surface area contributed by atoms with E-state index in [1.54, 1.807) is 0 Å². The van der Waals surface area contributed by atoms with Gasteiger partial charge in [0.25, 0.3) is 17.4 Å². The van der Waals surface area contributed by atoms with E-state index in [1.807, 2.05) is 32.2 Å². The average molecular weight is 430 g/mol. The number of hydrogen-bond acceptors (Lipinski definition) is 7. The number of amides is 1. The molecule has 0 spiro atoms. The van der Waals surface area contributed by atoms with Crippen molar-refractivity contribution in [2.75, 3.05) is 13.2 Å². The summed E-state index contributed by atoms with van der Waals surface area (Å²) in [5.74, 6) is -1.98. The number of ketones is 1. The van der Waals surface area contributed by atoms with E-state index < -0.39 is 28.4 Å². The highest BCUT2D eigenvalue weighted by molar-refractivity contribution is 7.10. The first-order valence-corrected chi connectivity index (χ1v) is 10.3. The summed E-state index contributed by atoms with van der Waals surface area (Å²) in [7, 11) is 0. The Kier molecular flexibility index (Phi) is 6.33. The minimum Gasteiger partial charge on any atom is -0.507 e. The Labute approximate surface area is 177 Å². The zero-order valence-corrected chi connectivity index (χ0v) is 17.6. The summed E-state index contributed by atoms with van der Waals surface area (Å²) in [4.78, 5) is 38.3. The first-order valence-electron chi connectivity index (χ1n) is 9.41. The quantitative estimate of drug-likeness (QED) is 0.235. The maximum Gasteiger partial charge on any atom is 0.295 e. The van der Waals surface area contributed by atoms with Gasteiger partial charge in [-0.05, 0) is 37.8 Å². The van der Waals surface area contributed by atoms with Gasteiger partial charge in [-0.2, -0.15) is 0 Å². The van der Waals surface area contributed by atoms with Crippen LogP contribution in [-0.2, 0) is 14.3 Å². The Morgan fingerprint density at radius 1 is 1.33 bits per heavy atom. The topological polar surface area (TPSA) is 110 Å². The fourth-order valence-electron chi connectivity index (χ4n) is 3.36. The van der Waals surface area contributed by atoms with E-state index in [4.69, 9.17) is 4.74 Å². The first kappa shape index (κ1) is 21.7. The molecule has 0 aliphatic carbocycles. The lowest BCUT2D eigenvalue weighted by molar-refractivity contribution is -0.384. The molecule has 0 saturated carbocycles. The van der Waals surface area contributed by atoms with Crippen LogP contribution in [0.4, 0.5) is 5.69 Å². The van der Waals surface area contributed by atoms with E-state index >= 15 is 0 Å². The van der Waals surface area contributed by atoms with E-state index in [9.17, 15) is 24.8 Å². The van der Waals surface area contributed by atoms with Crippen LogP contribution in [0, 0.1) is 17.0 Å². The molecule has 1 aromatic carbocycles. The number of benzene rings is 1. The molecule has 158 valence electrons. The largest absolute Gasteiger partial charge is 0.507 e.